The van der Waals surface area contributed by atoms with Gasteiger partial charge in [0.2, 0.25) is 5.91 Å². The summed E-state index contributed by atoms with van der Waals surface area (Å²) in [5.41, 5.74) is -0.642. The summed E-state index contributed by atoms with van der Waals surface area (Å²) in [5, 5.41) is 9.19. The average molecular weight is 298 g/mol. The number of nitrogens with zero attached hydrogens (tertiary/aromatic N) is 1. The molecule has 1 saturated heterocycles. The highest BCUT2D eigenvalue weighted by molar-refractivity contribution is 5.83. The minimum atomic E-state index is -0.523. The summed E-state index contributed by atoms with van der Waals surface area (Å²) in [4.78, 5) is 16.3. The SMILES string of the molecule is CCNC(=NCC(C)(C)C(=O)NC)NCC1(C)CCCO1. The van der Waals surface area contributed by atoms with Gasteiger partial charge in [0.05, 0.1) is 17.6 Å². The molecule has 1 rings (SSSR count). The van der Waals surface area contributed by atoms with Gasteiger partial charge in [0.1, 0.15) is 0 Å². The summed E-state index contributed by atoms with van der Waals surface area (Å²) in [7, 11) is 1.65. The summed E-state index contributed by atoms with van der Waals surface area (Å²) < 4.78 is 5.76. The van der Waals surface area contributed by atoms with Crippen molar-refractivity contribution in [2.45, 2.75) is 46.1 Å². The van der Waals surface area contributed by atoms with E-state index in [0.717, 1.165) is 38.5 Å². The van der Waals surface area contributed by atoms with E-state index in [1.807, 2.05) is 20.8 Å². The van der Waals surface area contributed by atoms with Crippen LogP contribution in [0.4, 0.5) is 0 Å². The van der Waals surface area contributed by atoms with Gasteiger partial charge in [-0.05, 0) is 40.5 Å². The van der Waals surface area contributed by atoms with Crippen LogP contribution in [-0.4, -0.2) is 50.8 Å². The second-order valence-corrected chi connectivity index (χ2v) is 6.41. The lowest BCUT2D eigenvalue weighted by Gasteiger charge is -2.25. The second-order valence-electron chi connectivity index (χ2n) is 6.41. The summed E-state index contributed by atoms with van der Waals surface area (Å²) in [6, 6.07) is 0. The first-order chi connectivity index (χ1) is 9.83. The Morgan fingerprint density at radius 1 is 1.38 bits per heavy atom. The third-order valence-electron chi connectivity index (χ3n) is 3.75. The van der Waals surface area contributed by atoms with Gasteiger partial charge in [-0.25, -0.2) is 0 Å². The Balaban J connectivity index is 2.59. The maximum atomic E-state index is 11.8. The fourth-order valence-electron chi connectivity index (χ4n) is 2.28. The van der Waals surface area contributed by atoms with Crippen molar-refractivity contribution >= 4 is 11.9 Å². The van der Waals surface area contributed by atoms with Gasteiger partial charge in [-0.1, -0.05) is 0 Å². The predicted octanol–water partition coefficient (Wildman–Crippen LogP) is 0.883. The number of ether oxygens (including phenoxy) is 1. The number of nitrogens with one attached hydrogen (secondary N) is 3. The van der Waals surface area contributed by atoms with Crippen molar-refractivity contribution in [2.75, 3.05) is 33.3 Å². The highest BCUT2D eigenvalue weighted by Crippen LogP contribution is 2.23. The van der Waals surface area contributed by atoms with Crippen LogP contribution in [0.1, 0.15) is 40.5 Å². The maximum Gasteiger partial charge on any atom is 0.227 e. The van der Waals surface area contributed by atoms with Gasteiger partial charge in [0.25, 0.3) is 0 Å². The molecule has 0 aromatic rings. The molecule has 1 aliphatic rings. The van der Waals surface area contributed by atoms with E-state index in [0.29, 0.717) is 6.54 Å². The monoisotopic (exact) mass is 298 g/mol. The first kappa shape index (κ1) is 17.8. The van der Waals surface area contributed by atoms with E-state index in [9.17, 15) is 4.79 Å². The normalized spacial score (nSPS) is 23.0. The number of aliphatic imine (C=N–C) groups is 1. The molecule has 1 atom stereocenters. The molecule has 21 heavy (non-hydrogen) atoms. The van der Waals surface area contributed by atoms with Crippen molar-refractivity contribution < 1.29 is 9.53 Å². The minimum absolute atomic E-state index is 0.00631. The van der Waals surface area contributed by atoms with Crippen LogP contribution < -0.4 is 16.0 Å². The molecule has 0 spiro atoms. The predicted molar refractivity (Wildman–Crippen MR) is 85.4 cm³/mol. The summed E-state index contributed by atoms with van der Waals surface area (Å²) >= 11 is 0. The number of hydrogen-bond donors (Lipinski definition) is 3. The van der Waals surface area contributed by atoms with Crippen molar-refractivity contribution in [3.63, 3.8) is 0 Å². The van der Waals surface area contributed by atoms with Crippen molar-refractivity contribution in [2.24, 2.45) is 10.4 Å². The molecular formula is C15H30N4O2. The van der Waals surface area contributed by atoms with E-state index in [1.165, 1.54) is 0 Å². The fourth-order valence-corrected chi connectivity index (χ4v) is 2.28. The average Bonchev–Trinajstić information content (AvgIpc) is 2.88. The number of carbonyl (C=O) groups excluding carboxylic acids is 1. The Labute approximate surface area is 128 Å². The number of amides is 1. The van der Waals surface area contributed by atoms with Gasteiger partial charge in [-0.3, -0.25) is 9.79 Å². The van der Waals surface area contributed by atoms with E-state index in [2.05, 4.69) is 27.9 Å². The van der Waals surface area contributed by atoms with Gasteiger partial charge in [0.15, 0.2) is 5.96 Å². The molecule has 1 amide bonds. The topological polar surface area (TPSA) is 74.8 Å². The fraction of sp³-hybridized carbons (Fsp3) is 0.867. The number of rotatable bonds is 6. The molecule has 0 aromatic heterocycles. The molecule has 1 fully saturated rings. The van der Waals surface area contributed by atoms with Crippen molar-refractivity contribution in [3.05, 3.63) is 0 Å². The molecule has 0 aromatic carbocycles. The Hall–Kier alpha value is -1.30. The van der Waals surface area contributed by atoms with E-state index in [-0.39, 0.29) is 11.5 Å². The lowest BCUT2D eigenvalue weighted by molar-refractivity contribution is -0.128. The zero-order valence-electron chi connectivity index (χ0n) is 14.0. The van der Waals surface area contributed by atoms with E-state index < -0.39 is 5.41 Å². The largest absolute Gasteiger partial charge is 0.373 e. The molecule has 0 bridgehead atoms. The van der Waals surface area contributed by atoms with Gasteiger partial charge in [0, 0.05) is 26.7 Å². The molecule has 1 heterocycles. The Morgan fingerprint density at radius 3 is 2.62 bits per heavy atom. The number of carbonyl (C=O) groups is 1. The molecule has 1 aliphatic heterocycles. The number of hydrogen-bond acceptors (Lipinski definition) is 3. The van der Waals surface area contributed by atoms with E-state index >= 15 is 0 Å². The third-order valence-corrected chi connectivity index (χ3v) is 3.75. The van der Waals surface area contributed by atoms with Gasteiger partial charge in [-0.2, -0.15) is 0 Å². The molecule has 0 radical (unpaired) electrons. The Bertz CT molecular complexity index is 374. The molecule has 1 unspecified atom stereocenters. The molecular weight excluding hydrogens is 268 g/mol. The van der Waals surface area contributed by atoms with E-state index in [4.69, 9.17) is 4.74 Å². The molecule has 6 nitrogen and oxygen atoms in total. The summed E-state index contributed by atoms with van der Waals surface area (Å²) in [6.07, 6.45) is 2.17. The highest BCUT2D eigenvalue weighted by atomic mass is 16.5. The Morgan fingerprint density at radius 2 is 2.10 bits per heavy atom. The zero-order valence-corrected chi connectivity index (χ0v) is 14.0. The van der Waals surface area contributed by atoms with Gasteiger partial charge < -0.3 is 20.7 Å². The molecule has 0 aliphatic carbocycles. The Kier molecular flexibility index (Phi) is 6.45. The van der Waals surface area contributed by atoms with Gasteiger partial charge in [-0.15, -0.1) is 0 Å². The quantitative estimate of drug-likeness (QED) is 0.503. The van der Waals surface area contributed by atoms with Crippen molar-refractivity contribution in [1.29, 1.82) is 0 Å². The molecule has 6 heteroatoms. The number of guanidine groups is 1. The zero-order chi connectivity index (χ0) is 15.9. The van der Waals surface area contributed by atoms with Crippen LogP contribution in [0, 0.1) is 5.41 Å². The maximum absolute atomic E-state index is 11.8. The van der Waals surface area contributed by atoms with Gasteiger partial charge >= 0.3 is 0 Å². The molecule has 122 valence electrons. The highest BCUT2D eigenvalue weighted by Gasteiger charge is 2.30. The van der Waals surface area contributed by atoms with Crippen LogP contribution in [0.2, 0.25) is 0 Å². The van der Waals surface area contributed by atoms with Crippen LogP contribution in [0.3, 0.4) is 0 Å². The van der Waals surface area contributed by atoms with Crippen molar-refractivity contribution in [3.8, 4) is 0 Å². The van der Waals surface area contributed by atoms with Crippen LogP contribution in [0.25, 0.3) is 0 Å². The van der Waals surface area contributed by atoms with Crippen LogP contribution in [0.15, 0.2) is 4.99 Å². The standard InChI is InChI=1S/C15H30N4O2/c1-6-17-13(18-10-14(2,3)12(20)16-5)19-11-15(4)8-7-9-21-15/h6-11H2,1-5H3,(H,16,20)(H2,17,18,19). The van der Waals surface area contributed by atoms with Crippen molar-refractivity contribution in [1.82, 2.24) is 16.0 Å². The molecule has 3 N–H and O–H groups in total. The summed E-state index contributed by atoms with van der Waals surface area (Å²) in [6.45, 7) is 10.7. The summed E-state index contributed by atoms with van der Waals surface area (Å²) in [5.74, 6) is 0.722. The first-order valence-corrected chi connectivity index (χ1v) is 7.71. The lowest BCUT2D eigenvalue weighted by atomic mass is 9.93. The minimum Gasteiger partial charge on any atom is -0.373 e. The second kappa shape index (κ2) is 7.64. The van der Waals surface area contributed by atoms with Crippen LogP contribution in [-0.2, 0) is 9.53 Å². The third kappa shape index (κ3) is 5.53. The lowest BCUT2D eigenvalue weighted by Crippen LogP contribution is -2.46. The van der Waals surface area contributed by atoms with E-state index in [1.54, 1.807) is 7.05 Å². The van der Waals surface area contributed by atoms with Crippen LogP contribution in [0.5, 0.6) is 0 Å². The smallest absolute Gasteiger partial charge is 0.227 e. The van der Waals surface area contributed by atoms with Crippen LogP contribution >= 0.6 is 0 Å². The first-order valence-electron chi connectivity index (χ1n) is 7.71. The molecule has 0 saturated carbocycles.